The van der Waals surface area contributed by atoms with E-state index in [4.69, 9.17) is 0 Å². The molecule has 1 aromatic carbocycles. The van der Waals surface area contributed by atoms with Crippen LogP contribution in [0.2, 0.25) is 0 Å². The zero-order valence-electron chi connectivity index (χ0n) is 11.7. The Morgan fingerprint density at radius 1 is 1.16 bits per heavy atom. The van der Waals surface area contributed by atoms with Crippen LogP contribution in [-0.2, 0) is 10.0 Å². The molecule has 0 aromatic heterocycles. The highest BCUT2D eigenvalue weighted by Gasteiger charge is 2.64. The van der Waals surface area contributed by atoms with Crippen molar-refractivity contribution in [1.82, 2.24) is 4.72 Å². The summed E-state index contributed by atoms with van der Waals surface area (Å²) in [7, 11) is -3.77. The van der Waals surface area contributed by atoms with Gasteiger partial charge in [0, 0.05) is 6.54 Å². The predicted molar refractivity (Wildman–Crippen MR) is 72.6 cm³/mol. The van der Waals surface area contributed by atoms with Crippen molar-refractivity contribution >= 4 is 10.0 Å². The molecule has 0 amide bonds. The molecule has 1 N–H and O–H groups in total. The van der Waals surface area contributed by atoms with Crippen molar-refractivity contribution in [3.8, 4) is 0 Å². The molecule has 1 aliphatic carbocycles. The molecule has 19 heavy (non-hydrogen) atoms. The molecular formula is C14H20FNO2S. The second-order valence-electron chi connectivity index (χ2n) is 6.28. The van der Waals surface area contributed by atoms with Crippen LogP contribution in [0.15, 0.2) is 29.2 Å². The average molecular weight is 285 g/mol. The lowest BCUT2D eigenvalue weighted by molar-refractivity contribution is 0.457. The van der Waals surface area contributed by atoms with E-state index in [9.17, 15) is 12.8 Å². The molecular weight excluding hydrogens is 265 g/mol. The number of nitrogens with one attached hydrogen (secondary N) is 1. The van der Waals surface area contributed by atoms with Gasteiger partial charge < -0.3 is 0 Å². The van der Waals surface area contributed by atoms with Gasteiger partial charge in [0.25, 0.3) is 0 Å². The van der Waals surface area contributed by atoms with Crippen molar-refractivity contribution in [3.05, 3.63) is 30.1 Å². The van der Waals surface area contributed by atoms with Crippen LogP contribution in [0, 0.1) is 22.6 Å². The summed E-state index contributed by atoms with van der Waals surface area (Å²) in [4.78, 5) is -0.286. The SMILES string of the molecule is CC1(C)C(CNS(=O)(=O)c2ccccc2F)C1(C)C. The zero-order chi connectivity index (χ0) is 14.5. The van der Waals surface area contributed by atoms with Gasteiger partial charge in [0.1, 0.15) is 10.7 Å². The summed E-state index contributed by atoms with van der Waals surface area (Å²) in [5, 5.41) is 0. The molecule has 0 bridgehead atoms. The van der Waals surface area contributed by atoms with E-state index >= 15 is 0 Å². The Hall–Kier alpha value is -0.940. The Bertz CT molecular complexity index is 579. The van der Waals surface area contributed by atoms with Gasteiger partial charge in [0.05, 0.1) is 0 Å². The Morgan fingerprint density at radius 3 is 2.16 bits per heavy atom. The van der Waals surface area contributed by atoms with E-state index in [1.165, 1.54) is 18.2 Å². The van der Waals surface area contributed by atoms with Crippen molar-refractivity contribution in [2.75, 3.05) is 6.54 Å². The van der Waals surface area contributed by atoms with Crippen molar-refractivity contribution in [2.45, 2.75) is 32.6 Å². The minimum Gasteiger partial charge on any atom is -0.211 e. The lowest BCUT2D eigenvalue weighted by Crippen LogP contribution is -2.28. The van der Waals surface area contributed by atoms with Gasteiger partial charge in [-0.2, -0.15) is 0 Å². The van der Waals surface area contributed by atoms with Crippen molar-refractivity contribution in [3.63, 3.8) is 0 Å². The van der Waals surface area contributed by atoms with E-state index in [0.717, 1.165) is 6.07 Å². The van der Waals surface area contributed by atoms with Gasteiger partial charge in [-0.05, 0) is 28.9 Å². The Balaban J connectivity index is 2.11. The zero-order valence-corrected chi connectivity index (χ0v) is 12.5. The largest absolute Gasteiger partial charge is 0.243 e. The van der Waals surface area contributed by atoms with Crippen LogP contribution in [0.4, 0.5) is 4.39 Å². The van der Waals surface area contributed by atoms with Crippen LogP contribution in [-0.4, -0.2) is 15.0 Å². The predicted octanol–water partition coefficient (Wildman–Crippen LogP) is 2.79. The summed E-state index contributed by atoms with van der Waals surface area (Å²) in [5.74, 6) is -0.453. The van der Waals surface area contributed by atoms with Gasteiger partial charge in [-0.25, -0.2) is 17.5 Å². The molecule has 1 aliphatic rings. The summed E-state index contributed by atoms with van der Waals surface area (Å²) in [6.45, 7) is 8.82. The molecule has 0 atom stereocenters. The van der Waals surface area contributed by atoms with Crippen LogP contribution < -0.4 is 4.72 Å². The first-order valence-electron chi connectivity index (χ1n) is 6.35. The van der Waals surface area contributed by atoms with Crippen LogP contribution >= 0.6 is 0 Å². The normalized spacial score (nSPS) is 21.3. The third kappa shape index (κ3) is 2.30. The maximum atomic E-state index is 13.5. The lowest BCUT2D eigenvalue weighted by atomic mass is 10.0. The highest BCUT2D eigenvalue weighted by molar-refractivity contribution is 7.89. The molecule has 1 aromatic rings. The first-order valence-corrected chi connectivity index (χ1v) is 7.83. The number of halogens is 1. The molecule has 1 saturated carbocycles. The van der Waals surface area contributed by atoms with Crippen LogP contribution in [0.25, 0.3) is 0 Å². The molecule has 2 rings (SSSR count). The summed E-state index contributed by atoms with van der Waals surface area (Å²) < 4.78 is 40.1. The van der Waals surface area contributed by atoms with E-state index in [1.54, 1.807) is 0 Å². The maximum Gasteiger partial charge on any atom is 0.243 e. The molecule has 0 spiro atoms. The van der Waals surface area contributed by atoms with Crippen LogP contribution in [0.3, 0.4) is 0 Å². The molecule has 5 heteroatoms. The number of sulfonamides is 1. The fourth-order valence-corrected chi connectivity index (χ4v) is 3.90. The Morgan fingerprint density at radius 2 is 1.68 bits per heavy atom. The maximum absolute atomic E-state index is 13.5. The first kappa shape index (κ1) is 14.5. The number of benzene rings is 1. The standard InChI is InChI=1S/C14H20FNO2S/c1-13(2)12(14(13,3)4)9-16-19(17,18)11-8-6-5-7-10(11)15/h5-8,12,16H,9H2,1-4H3. The summed E-state index contributed by atoms with van der Waals surface area (Å²) >= 11 is 0. The quantitative estimate of drug-likeness (QED) is 0.924. The second kappa shape index (κ2) is 4.28. The minimum absolute atomic E-state index is 0.102. The van der Waals surface area contributed by atoms with Gasteiger partial charge in [0.2, 0.25) is 10.0 Å². The van der Waals surface area contributed by atoms with E-state index in [2.05, 4.69) is 32.4 Å². The minimum atomic E-state index is -3.77. The van der Waals surface area contributed by atoms with E-state index in [1.807, 2.05) is 0 Å². The smallest absolute Gasteiger partial charge is 0.211 e. The third-order valence-electron chi connectivity index (χ3n) is 4.92. The number of rotatable bonds is 4. The first-order chi connectivity index (χ1) is 8.61. The highest BCUT2D eigenvalue weighted by Crippen LogP contribution is 2.67. The van der Waals surface area contributed by atoms with Crippen molar-refractivity contribution in [2.24, 2.45) is 16.7 Å². The van der Waals surface area contributed by atoms with Gasteiger partial charge in [-0.15, -0.1) is 0 Å². The van der Waals surface area contributed by atoms with Crippen molar-refractivity contribution < 1.29 is 12.8 Å². The molecule has 106 valence electrons. The van der Waals surface area contributed by atoms with E-state index in [-0.39, 0.29) is 21.6 Å². The number of hydrogen-bond donors (Lipinski definition) is 1. The fourth-order valence-electron chi connectivity index (χ4n) is 2.78. The topological polar surface area (TPSA) is 46.2 Å². The Labute approximate surface area is 114 Å². The third-order valence-corrected chi connectivity index (χ3v) is 6.38. The molecule has 0 heterocycles. The molecule has 0 aliphatic heterocycles. The fraction of sp³-hybridized carbons (Fsp3) is 0.571. The van der Waals surface area contributed by atoms with Crippen molar-refractivity contribution in [1.29, 1.82) is 0 Å². The molecule has 0 radical (unpaired) electrons. The van der Waals surface area contributed by atoms with Crippen LogP contribution in [0.5, 0.6) is 0 Å². The summed E-state index contributed by atoms with van der Waals surface area (Å²) in [5.41, 5.74) is 0.204. The molecule has 0 saturated heterocycles. The van der Waals surface area contributed by atoms with Gasteiger partial charge >= 0.3 is 0 Å². The molecule has 3 nitrogen and oxygen atoms in total. The molecule has 0 unspecified atom stereocenters. The summed E-state index contributed by atoms with van der Waals surface area (Å²) in [6.07, 6.45) is 0. The van der Waals surface area contributed by atoms with E-state index in [0.29, 0.717) is 6.54 Å². The van der Waals surface area contributed by atoms with Gasteiger partial charge in [-0.1, -0.05) is 39.8 Å². The average Bonchev–Trinajstić information content (AvgIpc) is 2.67. The Kier molecular flexibility index (Phi) is 3.26. The van der Waals surface area contributed by atoms with Crippen LogP contribution in [0.1, 0.15) is 27.7 Å². The van der Waals surface area contributed by atoms with Gasteiger partial charge in [0.15, 0.2) is 0 Å². The van der Waals surface area contributed by atoms with Gasteiger partial charge in [-0.3, -0.25) is 0 Å². The number of hydrogen-bond acceptors (Lipinski definition) is 2. The highest BCUT2D eigenvalue weighted by atomic mass is 32.2. The lowest BCUT2D eigenvalue weighted by Gasteiger charge is -2.08. The second-order valence-corrected chi connectivity index (χ2v) is 8.01. The monoisotopic (exact) mass is 285 g/mol. The van der Waals surface area contributed by atoms with E-state index < -0.39 is 15.8 Å². The molecule has 1 fully saturated rings. The summed E-state index contributed by atoms with van der Waals surface area (Å²) in [6, 6.07) is 5.42.